The summed E-state index contributed by atoms with van der Waals surface area (Å²) >= 11 is 5.05. The number of thiophene rings is 1. The summed E-state index contributed by atoms with van der Waals surface area (Å²) in [5.74, 6) is 0. The van der Waals surface area contributed by atoms with Gasteiger partial charge in [-0.1, -0.05) is 0 Å². The van der Waals surface area contributed by atoms with Gasteiger partial charge >= 0.3 is 6.03 Å². The van der Waals surface area contributed by atoms with Gasteiger partial charge in [-0.15, -0.1) is 11.3 Å². The number of urea groups is 1. The van der Waals surface area contributed by atoms with Crippen molar-refractivity contribution in [3.05, 3.63) is 20.8 Å². The molecule has 3 nitrogen and oxygen atoms in total. The number of rotatable bonds is 3. The second kappa shape index (κ2) is 4.62. The number of primary amides is 1. The average molecular weight is 263 g/mol. The minimum atomic E-state index is -0.379. The van der Waals surface area contributed by atoms with Crippen molar-refractivity contribution in [1.29, 1.82) is 0 Å². The van der Waals surface area contributed by atoms with E-state index in [-0.39, 0.29) is 6.03 Å². The molecular formula is C8H11BrN2OS. The fourth-order valence-electron chi connectivity index (χ4n) is 0.873. The number of hydrogen-bond acceptors (Lipinski definition) is 2. The van der Waals surface area contributed by atoms with Gasteiger partial charge in [-0.25, -0.2) is 4.79 Å². The van der Waals surface area contributed by atoms with E-state index in [1.54, 1.807) is 18.4 Å². The van der Waals surface area contributed by atoms with E-state index in [0.29, 0.717) is 6.54 Å². The Morgan fingerprint density at radius 2 is 2.46 bits per heavy atom. The number of likely N-dealkylation sites (N-methyl/N-ethyl adjacent to an activating group) is 1. The molecule has 5 heteroatoms. The van der Waals surface area contributed by atoms with Crippen molar-refractivity contribution in [1.82, 2.24) is 4.90 Å². The smallest absolute Gasteiger partial charge is 0.314 e. The van der Waals surface area contributed by atoms with E-state index in [1.165, 1.54) is 9.78 Å². The van der Waals surface area contributed by atoms with Crippen molar-refractivity contribution >= 4 is 33.3 Å². The summed E-state index contributed by atoms with van der Waals surface area (Å²) in [4.78, 5) is 13.4. The number of carbonyl (C=O) groups excluding carboxylic acids is 1. The molecule has 72 valence electrons. The minimum absolute atomic E-state index is 0.379. The largest absolute Gasteiger partial charge is 0.351 e. The number of nitrogens with two attached hydrogens (primary N) is 1. The Bertz CT molecular complexity index is 300. The summed E-state index contributed by atoms with van der Waals surface area (Å²) in [6.07, 6.45) is 0.857. The first kappa shape index (κ1) is 10.5. The van der Waals surface area contributed by atoms with Crippen molar-refractivity contribution in [3.8, 4) is 0 Å². The SMILES string of the molecule is CN(CCc1cc(Br)cs1)C(N)=O. The molecule has 0 fully saturated rings. The number of hydrogen-bond donors (Lipinski definition) is 1. The van der Waals surface area contributed by atoms with Gasteiger partial charge in [0.1, 0.15) is 0 Å². The van der Waals surface area contributed by atoms with Gasteiger partial charge in [0, 0.05) is 28.3 Å². The molecule has 0 bridgehead atoms. The molecule has 1 aromatic rings. The minimum Gasteiger partial charge on any atom is -0.351 e. The van der Waals surface area contributed by atoms with Crippen LogP contribution in [0.5, 0.6) is 0 Å². The quantitative estimate of drug-likeness (QED) is 0.891. The molecule has 1 aromatic heterocycles. The van der Waals surface area contributed by atoms with E-state index in [9.17, 15) is 4.79 Å². The van der Waals surface area contributed by atoms with Crippen LogP contribution in [0.15, 0.2) is 15.9 Å². The fraction of sp³-hybridized carbons (Fsp3) is 0.375. The first-order valence-corrected chi connectivity index (χ1v) is 5.50. The zero-order chi connectivity index (χ0) is 9.84. The number of amides is 2. The molecule has 0 spiro atoms. The lowest BCUT2D eigenvalue weighted by atomic mass is 10.3. The maximum atomic E-state index is 10.7. The third-order valence-electron chi connectivity index (χ3n) is 1.69. The van der Waals surface area contributed by atoms with Gasteiger partial charge in [0.2, 0.25) is 0 Å². The molecule has 0 saturated heterocycles. The first-order chi connectivity index (χ1) is 6.09. The lowest BCUT2D eigenvalue weighted by molar-refractivity contribution is 0.219. The van der Waals surface area contributed by atoms with E-state index < -0.39 is 0 Å². The van der Waals surface area contributed by atoms with Gasteiger partial charge in [0.25, 0.3) is 0 Å². The van der Waals surface area contributed by atoms with Gasteiger partial charge in [-0.3, -0.25) is 0 Å². The molecule has 0 atom stereocenters. The van der Waals surface area contributed by atoms with Crippen molar-refractivity contribution in [3.63, 3.8) is 0 Å². The van der Waals surface area contributed by atoms with Gasteiger partial charge < -0.3 is 10.6 Å². The van der Waals surface area contributed by atoms with E-state index in [4.69, 9.17) is 5.73 Å². The highest BCUT2D eigenvalue weighted by Crippen LogP contribution is 2.20. The van der Waals surface area contributed by atoms with Crippen LogP contribution in [0.3, 0.4) is 0 Å². The molecule has 2 N–H and O–H groups in total. The van der Waals surface area contributed by atoms with E-state index >= 15 is 0 Å². The average Bonchev–Trinajstić information content (AvgIpc) is 2.47. The normalized spacial score (nSPS) is 10.0. The third kappa shape index (κ3) is 3.36. The molecule has 0 aliphatic carbocycles. The summed E-state index contributed by atoms with van der Waals surface area (Å²) < 4.78 is 1.09. The Morgan fingerprint density at radius 1 is 1.77 bits per heavy atom. The molecule has 0 aliphatic heterocycles. The summed E-state index contributed by atoms with van der Waals surface area (Å²) in [6, 6.07) is 1.68. The monoisotopic (exact) mass is 262 g/mol. The van der Waals surface area contributed by atoms with Crippen LogP contribution >= 0.6 is 27.3 Å². The molecule has 1 rings (SSSR count). The molecule has 0 aromatic carbocycles. The number of nitrogens with zero attached hydrogens (tertiary/aromatic N) is 1. The fourth-order valence-corrected chi connectivity index (χ4v) is 2.32. The Hall–Kier alpha value is -0.550. The van der Waals surface area contributed by atoms with Crippen molar-refractivity contribution in [2.45, 2.75) is 6.42 Å². The van der Waals surface area contributed by atoms with Crippen molar-refractivity contribution in [2.75, 3.05) is 13.6 Å². The zero-order valence-corrected chi connectivity index (χ0v) is 9.69. The maximum Gasteiger partial charge on any atom is 0.314 e. The summed E-state index contributed by atoms with van der Waals surface area (Å²) in [7, 11) is 1.70. The maximum absolute atomic E-state index is 10.7. The highest BCUT2D eigenvalue weighted by Gasteiger charge is 2.03. The van der Waals surface area contributed by atoms with Crippen molar-refractivity contribution < 1.29 is 4.79 Å². The molecule has 0 unspecified atom stereocenters. The van der Waals surface area contributed by atoms with Gasteiger partial charge in [-0.2, -0.15) is 0 Å². The van der Waals surface area contributed by atoms with Crippen LogP contribution in [-0.2, 0) is 6.42 Å². The second-order valence-electron chi connectivity index (χ2n) is 2.74. The van der Waals surface area contributed by atoms with Crippen molar-refractivity contribution in [2.24, 2.45) is 5.73 Å². The Kier molecular flexibility index (Phi) is 3.74. The molecule has 0 saturated carbocycles. The molecule has 0 aliphatic rings. The summed E-state index contributed by atoms with van der Waals surface area (Å²) in [5, 5.41) is 2.03. The number of halogens is 1. The first-order valence-electron chi connectivity index (χ1n) is 3.83. The predicted molar refractivity (Wildman–Crippen MR) is 57.9 cm³/mol. The predicted octanol–water partition coefficient (Wildman–Crippen LogP) is 2.06. The zero-order valence-electron chi connectivity index (χ0n) is 7.29. The molecule has 13 heavy (non-hydrogen) atoms. The number of carbonyl (C=O) groups is 1. The van der Waals surface area contributed by atoms with Gasteiger partial charge in [-0.05, 0) is 28.4 Å². The van der Waals surface area contributed by atoms with Crippen LogP contribution < -0.4 is 5.73 Å². The standard InChI is InChI=1S/C8H11BrN2OS/c1-11(8(10)12)3-2-7-4-6(9)5-13-7/h4-5H,2-3H2,1H3,(H2,10,12). The Labute approximate surface area is 89.7 Å². The highest BCUT2D eigenvalue weighted by atomic mass is 79.9. The lowest BCUT2D eigenvalue weighted by Gasteiger charge is -2.12. The van der Waals surface area contributed by atoms with Crippen LogP contribution in [0.25, 0.3) is 0 Å². The molecule has 0 radical (unpaired) electrons. The van der Waals surface area contributed by atoms with Crippen LogP contribution in [0.4, 0.5) is 4.79 Å². The summed E-state index contributed by atoms with van der Waals surface area (Å²) in [5.41, 5.74) is 5.09. The van der Waals surface area contributed by atoms with Crippen LogP contribution in [0.2, 0.25) is 0 Å². The summed E-state index contributed by atoms with van der Waals surface area (Å²) in [6.45, 7) is 0.669. The van der Waals surface area contributed by atoms with E-state index in [2.05, 4.69) is 22.0 Å². The lowest BCUT2D eigenvalue weighted by Crippen LogP contribution is -2.33. The van der Waals surface area contributed by atoms with Crippen LogP contribution in [0, 0.1) is 0 Å². The third-order valence-corrected chi connectivity index (χ3v) is 3.45. The van der Waals surface area contributed by atoms with E-state index in [1.807, 2.05) is 5.38 Å². The highest BCUT2D eigenvalue weighted by molar-refractivity contribution is 9.10. The Morgan fingerprint density at radius 3 is 2.92 bits per heavy atom. The van der Waals surface area contributed by atoms with Crippen LogP contribution in [-0.4, -0.2) is 24.5 Å². The molecule has 1 heterocycles. The molecular weight excluding hydrogens is 252 g/mol. The Balaban J connectivity index is 2.39. The van der Waals surface area contributed by atoms with Crippen LogP contribution in [0.1, 0.15) is 4.88 Å². The van der Waals surface area contributed by atoms with Gasteiger partial charge in [0.05, 0.1) is 0 Å². The van der Waals surface area contributed by atoms with E-state index in [0.717, 1.165) is 10.9 Å². The topological polar surface area (TPSA) is 46.3 Å². The van der Waals surface area contributed by atoms with Gasteiger partial charge in [0.15, 0.2) is 0 Å². The molecule has 2 amide bonds. The second-order valence-corrected chi connectivity index (χ2v) is 4.65.